The van der Waals surface area contributed by atoms with Crippen molar-refractivity contribution in [2.75, 3.05) is 12.3 Å². The Labute approximate surface area is 165 Å². The molecule has 0 saturated carbocycles. The van der Waals surface area contributed by atoms with Crippen LogP contribution in [0.15, 0.2) is 52.4 Å². The standard InChI is InChI=1S/C20H16ClN3O2S/c1-3-10-22-18(25)12-27-20-23-16-11-14(21)8-9-15(16)19(26)24(20)17-7-5-4-6-13(17)2/h1,4-9,11H,10,12H2,2H3,(H,22,25). The molecule has 5 nitrogen and oxygen atoms in total. The molecule has 0 fully saturated rings. The quantitative estimate of drug-likeness (QED) is 0.408. The van der Waals surface area contributed by atoms with Crippen molar-refractivity contribution in [1.29, 1.82) is 0 Å². The van der Waals surface area contributed by atoms with E-state index >= 15 is 0 Å². The number of rotatable bonds is 5. The van der Waals surface area contributed by atoms with Crippen molar-refractivity contribution < 1.29 is 4.79 Å². The first-order chi connectivity index (χ1) is 13.0. The molecule has 1 aromatic heterocycles. The maximum atomic E-state index is 13.2. The fourth-order valence-corrected chi connectivity index (χ4v) is 3.59. The Balaban J connectivity index is 2.13. The molecule has 7 heteroatoms. The number of thioether (sulfide) groups is 1. The monoisotopic (exact) mass is 397 g/mol. The van der Waals surface area contributed by atoms with E-state index in [1.165, 1.54) is 16.3 Å². The molecule has 27 heavy (non-hydrogen) atoms. The van der Waals surface area contributed by atoms with Crippen LogP contribution in [-0.4, -0.2) is 27.8 Å². The fourth-order valence-electron chi connectivity index (χ4n) is 2.59. The number of amides is 1. The molecule has 1 heterocycles. The highest BCUT2D eigenvalue weighted by Gasteiger charge is 2.16. The summed E-state index contributed by atoms with van der Waals surface area (Å²) in [6.45, 7) is 2.08. The number of carbonyl (C=O) groups excluding carboxylic acids is 1. The molecule has 1 N–H and O–H groups in total. The number of fused-ring (bicyclic) bond motifs is 1. The molecule has 0 radical (unpaired) electrons. The minimum Gasteiger partial charge on any atom is -0.344 e. The van der Waals surface area contributed by atoms with Crippen LogP contribution in [0.2, 0.25) is 5.02 Å². The lowest BCUT2D eigenvalue weighted by Crippen LogP contribution is -2.27. The number of carbonyl (C=O) groups is 1. The first-order valence-corrected chi connectivity index (χ1v) is 9.49. The Morgan fingerprint density at radius 1 is 1.33 bits per heavy atom. The maximum absolute atomic E-state index is 13.2. The van der Waals surface area contributed by atoms with E-state index in [1.807, 2.05) is 31.2 Å². The van der Waals surface area contributed by atoms with E-state index in [0.29, 0.717) is 21.1 Å². The molecule has 0 unspecified atom stereocenters. The third kappa shape index (κ3) is 4.16. The van der Waals surface area contributed by atoms with Crippen LogP contribution in [0.3, 0.4) is 0 Å². The fraction of sp³-hybridized carbons (Fsp3) is 0.150. The number of nitrogens with zero attached hydrogens (tertiary/aromatic N) is 2. The number of halogens is 1. The molecule has 0 aliphatic rings. The second kappa shape index (κ2) is 8.30. The summed E-state index contributed by atoms with van der Waals surface area (Å²) < 4.78 is 1.53. The number of hydrogen-bond acceptors (Lipinski definition) is 4. The average molecular weight is 398 g/mol. The molecule has 0 aliphatic carbocycles. The molecule has 136 valence electrons. The second-order valence-corrected chi connectivity index (χ2v) is 7.13. The Morgan fingerprint density at radius 2 is 2.11 bits per heavy atom. The summed E-state index contributed by atoms with van der Waals surface area (Å²) in [5, 5.41) is 3.97. The van der Waals surface area contributed by atoms with Crippen molar-refractivity contribution in [1.82, 2.24) is 14.9 Å². The average Bonchev–Trinajstić information content (AvgIpc) is 2.65. The SMILES string of the molecule is C#CCNC(=O)CSc1nc2cc(Cl)ccc2c(=O)n1-c1ccccc1C. The zero-order valence-electron chi connectivity index (χ0n) is 14.5. The van der Waals surface area contributed by atoms with Gasteiger partial charge in [0.25, 0.3) is 5.56 Å². The Bertz CT molecular complexity index is 1120. The van der Waals surface area contributed by atoms with Gasteiger partial charge >= 0.3 is 0 Å². The lowest BCUT2D eigenvalue weighted by Gasteiger charge is -2.15. The van der Waals surface area contributed by atoms with Crippen molar-refractivity contribution in [2.24, 2.45) is 0 Å². The smallest absolute Gasteiger partial charge is 0.266 e. The van der Waals surface area contributed by atoms with Crippen LogP contribution < -0.4 is 10.9 Å². The number of benzene rings is 2. The van der Waals surface area contributed by atoms with Crippen molar-refractivity contribution in [2.45, 2.75) is 12.1 Å². The molecule has 0 atom stereocenters. The van der Waals surface area contributed by atoms with Gasteiger partial charge in [-0.1, -0.05) is 47.5 Å². The molecule has 3 rings (SSSR count). The Hall–Kier alpha value is -2.75. The minimum absolute atomic E-state index is 0.0894. The first-order valence-electron chi connectivity index (χ1n) is 8.12. The summed E-state index contributed by atoms with van der Waals surface area (Å²) in [6.07, 6.45) is 5.16. The van der Waals surface area contributed by atoms with E-state index in [4.69, 9.17) is 18.0 Å². The van der Waals surface area contributed by atoms with Crippen LogP contribution in [0, 0.1) is 19.3 Å². The molecule has 0 bridgehead atoms. The molecule has 1 amide bonds. The van der Waals surface area contributed by atoms with Gasteiger partial charge in [0.15, 0.2) is 5.16 Å². The molecule has 0 saturated heterocycles. The van der Waals surface area contributed by atoms with Gasteiger partial charge in [-0.2, -0.15) is 0 Å². The number of hydrogen-bond donors (Lipinski definition) is 1. The highest BCUT2D eigenvalue weighted by molar-refractivity contribution is 7.99. The Kier molecular flexibility index (Phi) is 5.84. The highest BCUT2D eigenvalue weighted by Crippen LogP contribution is 2.24. The molecule has 0 spiro atoms. The predicted octanol–water partition coefficient (Wildman–Crippen LogP) is 3.19. The second-order valence-electron chi connectivity index (χ2n) is 5.75. The van der Waals surface area contributed by atoms with Gasteiger partial charge in [-0.3, -0.25) is 14.2 Å². The van der Waals surface area contributed by atoms with Gasteiger partial charge in [0.2, 0.25) is 5.91 Å². The number of terminal acetylenes is 1. The van der Waals surface area contributed by atoms with E-state index < -0.39 is 0 Å². The summed E-state index contributed by atoms with van der Waals surface area (Å²) in [4.78, 5) is 29.7. The number of para-hydroxylation sites is 1. The van der Waals surface area contributed by atoms with Crippen LogP contribution in [0.1, 0.15) is 5.56 Å². The maximum Gasteiger partial charge on any atom is 0.266 e. The van der Waals surface area contributed by atoms with E-state index in [-0.39, 0.29) is 23.8 Å². The topological polar surface area (TPSA) is 64.0 Å². The lowest BCUT2D eigenvalue weighted by atomic mass is 10.2. The van der Waals surface area contributed by atoms with Crippen molar-refractivity contribution >= 4 is 40.2 Å². The van der Waals surface area contributed by atoms with Crippen LogP contribution >= 0.6 is 23.4 Å². The Morgan fingerprint density at radius 3 is 2.85 bits per heavy atom. The van der Waals surface area contributed by atoms with Crippen LogP contribution in [-0.2, 0) is 4.79 Å². The predicted molar refractivity (Wildman–Crippen MR) is 110 cm³/mol. The summed E-state index contributed by atoms with van der Waals surface area (Å²) >= 11 is 7.22. The van der Waals surface area contributed by atoms with Gasteiger partial charge in [-0.15, -0.1) is 6.42 Å². The summed E-state index contributed by atoms with van der Waals surface area (Å²) in [5.41, 5.74) is 1.92. The van der Waals surface area contributed by atoms with Crippen molar-refractivity contribution in [3.05, 3.63) is 63.4 Å². The number of nitrogens with one attached hydrogen (secondary N) is 1. The van der Waals surface area contributed by atoms with E-state index in [1.54, 1.807) is 18.2 Å². The van der Waals surface area contributed by atoms with Gasteiger partial charge in [0.05, 0.1) is 28.9 Å². The molecular formula is C20H16ClN3O2S. The number of aryl methyl sites for hydroxylation is 1. The third-order valence-electron chi connectivity index (χ3n) is 3.88. The van der Waals surface area contributed by atoms with E-state index in [0.717, 1.165) is 11.3 Å². The number of aromatic nitrogens is 2. The van der Waals surface area contributed by atoms with Crippen molar-refractivity contribution in [3.8, 4) is 18.0 Å². The first kappa shape index (κ1) is 19.0. The zero-order chi connectivity index (χ0) is 19.4. The van der Waals surface area contributed by atoms with Gasteiger partial charge in [-0.05, 0) is 36.8 Å². The minimum atomic E-state index is -0.227. The van der Waals surface area contributed by atoms with Gasteiger partial charge < -0.3 is 5.32 Å². The third-order valence-corrected chi connectivity index (χ3v) is 5.05. The van der Waals surface area contributed by atoms with E-state index in [9.17, 15) is 9.59 Å². The largest absolute Gasteiger partial charge is 0.344 e. The molecular weight excluding hydrogens is 382 g/mol. The summed E-state index contributed by atoms with van der Waals surface area (Å²) in [5.74, 6) is 2.22. The lowest BCUT2D eigenvalue weighted by molar-refractivity contribution is -0.118. The van der Waals surface area contributed by atoms with Gasteiger partial charge in [0, 0.05) is 5.02 Å². The van der Waals surface area contributed by atoms with Crippen LogP contribution in [0.25, 0.3) is 16.6 Å². The summed E-state index contributed by atoms with van der Waals surface area (Å²) in [6, 6.07) is 12.5. The normalized spacial score (nSPS) is 10.6. The molecule has 3 aromatic rings. The van der Waals surface area contributed by atoms with E-state index in [2.05, 4.69) is 16.2 Å². The van der Waals surface area contributed by atoms with Gasteiger partial charge in [-0.25, -0.2) is 4.98 Å². The molecule has 2 aromatic carbocycles. The summed E-state index contributed by atoms with van der Waals surface area (Å²) in [7, 11) is 0. The van der Waals surface area contributed by atoms with Gasteiger partial charge in [0.1, 0.15) is 0 Å². The zero-order valence-corrected chi connectivity index (χ0v) is 16.1. The van der Waals surface area contributed by atoms with Crippen molar-refractivity contribution in [3.63, 3.8) is 0 Å². The van der Waals surface area contributed by atoms with Crippen LogP contribution in [0.4, 0.5) is 0 Å². The molecule has 0 aliphatic heterocycles. The highest BCUT2D eigenvalue weighted by atomic mass is 35.5. The van der Waals surface area contributed by atoms with Crippen LogP contribution in [0.5, 0.6) is 0 Å².